The monoisotopic (exact) mass is 396 g/mol. The maximum absolute atomic E-state index is 13.2. The van der Waals surface area contributed by atoms with Crippen molar-refractivity contribution >= 4 is 16.9 Å². The number of para-hydroxylation sites is 1. The van der Waals surface area contributed by atoms with Crippen LogP contribution in [-0.4, -0.2) is 48.0 Å². The van der Waals surface area contributed by atoms with Gasteiger partial charge in [-0.1, -0.05) is 24.3 Å². The van der Waals surface area contributed by atoms with Crippen molar-refractivity contribution in [2.24, 2.45) is 0 Å². The van der Waals surface area contributed by atoms with Gasteiger partial charge in [0.2, 0.25) is 0 Å². The molecule has 2 heterocycles. The standard InChI is InChI=1S/C23H25FN2O3/c1-15-13-26(16(2)12-25(15)14-17-7-9-19(24)10-8-17)23(27)21-11-18-5-4-6-20(28-3)22(18)29-21/h4-11,15-16H,12-14H2,1-3H3/t15-,16+/m1/s1. The Morgan fingerprint density at radius 2 is 1.90 bits per heavy atom. The van der Waals surface area contributed by atoms with Crippen LogP contribution in [-0.2, 0) is 6.54 Å². The summed E-state index contributed by atoms with van der Waals surface area (Å²) in [5.74, 6) is 0.611. The van der Waals surface area contributed by atoms with Crippen LogP contribution in [0.15, 0.2) is 52.9 Å². The molecular weight excluding hydrogens is 371 g/mol. The molecule has 0 aliphatic carbocycles. The molecule has 1 fully saturated rings. The first-order chi connectivity index (χ1) is 14.0. The van der Waals surface area contributed by atoms with Gasteiger partial charge in [-0.15, -0.1) is 0 Å². The van der Waals surface area contributed by atoms with Gasteiger partial charge in [0, 0.05) is 37.1 Å². The van der Waals surface area contributed by atoms with Crippen LogP contribution in [0.3, 0.4) is 0 Å². The summed E-state index contributed by atoms with van der Waals surface area (Å²) in [6.07, 6.45) is 0. The largest absolute Gasteiger partial charge is 0.493 e. The van der Waals surface area contributed by atoms with Gasteiger partial charge in [0.1, 0.15) is 5.82 Å². The Balaban J connectivity index is 1.50. The molecule has 3 aromatic rings. The van der Waals surface area contributed by atoms with Gasteiger partial charge in [0.15, 0.2) is 17.1 Å². The number of halogens is 1. The van der Waals surface area contributed by atoms with Crippen LogP contribution in [0.25, 0.3) is 11.0 Å². The molecule has 1 aliphatic heterocycles. The topological polar surface area (TPSA) is 45.9 Å². The van der Waals surface area contributed by atoms with E-state index in [1.165, 1.54) is 12.1 Å². The van der Waals surface area contributed by atoms with Crippen molar-refractivity contribution in [1.82, 2.24) is 9.80 Å². The van der Waals surface area contributed by atoms with E-state index < -0.39 is 0 Å². The maximum atomic E-state index is 13.2. The molecule has 1 saturated heterocycles. The molecule has 1 aromatic heterocycles. The van der Waals surface area contributed by atoms with Gasteiger partial charge in [-0.2, -0.15) is 0 Å². The van der Waals surface area contributed by atoms with Crippen LogP contribution >= 0.6 is 0 Å². The van der Waals surface area contributed by atoms with Gasteiger partial charge in [-0.3, -0.25) is 9.69 Å². The van der Waals surface area contributed by atoms with Gasteiger partial charge in [-0.05, 0) is 43.7 Å². The molecule has 29 heavy (non-hydrogen) atoms. The Morgan fingerprint density at radius 3 is 2.62 bits per heavy atom. The number of methoxy groups -OCH3 is 1. The summed E-state index contributed by atoms with van der Waals surface area (Å²) in [5.41, 5.74) is 1.66. The van der Waals surface area contributed by atoms with Crippen LogP contribution in [0.1, 0.15) is 30.0 Å². The molecule has 5 nitrogen and oxygen atoms in total. The summed E-state index contributed by atoms with van der Waals surface area (Å²) in [5, 5.41) is 0.850. The molecule has 152 valence electrons. The SMILES string of the molecule is COc1cccc2cc(C(=O)N3C[C@@H](C)N(Cc4ccc(F)cc4)C[C@@H]3C)oc12. The van der Waals surface area contributed by atoms with E-state index in [2.05, 4.69) is 11.8 Å². The fraction of sp³-hybridized carbons (Fsp3) is 0.348. The Kier molecular flexibility index (Phi) is 5.28. The lowest BCUT2D eigenvalue weighted by Crippen LogP contribution is -2.57. The van der Waals surface area contributed by atoms with Gasteiger partial charge in [0.05, 0.1) is 7.11 Å². The first kappa shape index (κ1) is 19.5. The highest BCUT2D eigenvalue weighted by Gasteiger charge is 2.33. The normalized spacial score (nSPS) is 20.2. The third-order valence-corrected chi connectivity index (χ3v) is 5.61. The summed E-state index contributed by atoms with van der Waals surface area (Å²) in [7, 11) is 1.59. The minimum absolute atomic E-state index is 0.0363. The predicted octanol–water partition coefficient (Wildman–Crippen LogP) is 4.32. The number of hydrogen-bond donors (Lipinski definition) is 0. The summed E-state index contributed by atoms with van der Waals surface area (Å²) in [6.45, 7) is 6.24. The number of piperazine rings is 1. The number of nitrogens with zero attached hydrogens (tertiary/aromatic N) is 2. The lowest BCUT2D eigenvalue weighted by Gasteiger charge is -2.43. The van der Waals surface area contributed by atoms with Crippen molar-refractivity contribution in [2.75, 3.05) is 20.2 Å². The highest BCUT2D eigenvalue weighted by atomic mass is 19.1. The minimum Gasteiger partial charge on any atom is -0.493 e. The van der Waals surface area contributed by atoms with E-state index >= 15 is 0 Å². The van der Waals surface area contributed by atoms with Crippen molar-refractivity contribution in [3.05, 3.63) is 65.7 Å². The molecule has 0 bridgehead atoms. The number of carbonyl (C=O) groups is 1. The van der Waals surface area contributed by atoms with E-state index in [1.54, 1.807) is 13.2 Å². The van der Waals surface area contributed by atoms with Crippen molar-refractivity contribution in [3.63, 3.8) is 0 Å². The van der Waals surface area contributed by atoms with Crippen molar-refractivity contribution in [2.45, 2.75) is 32.5 Å². The number of carbonyl (C=O) groups excluding carboxylic acids is 1. The number of hydrogen-bond acceptors (Lipinski definition) is 4. The smallest absolute Gasteiger partial charge is 0.289 e. The van der Waals surface area contributed by atoms with Crippen molar-refractivity contribution < 1.29 is 18.3 Å². The van der Waals surface area contributed by atoms with E-state index in [0.717, 1.165) is 24.0 Å². The first-order valence-corrected chi connectivity index (χ1v) is 9.82. The summed E-state index contributed by atoms with van der Waals surface area (Å²) in [4.78, 5) is 17.4. The third kappa shape index (κ3) is 3.85. The first-order valence-electron chi connectivity index (χ1n) is 9.82. The molecule has 0 spiro atoms. The van der Waals surface area contributed by atoms with Gasteiger partial charge in [-0.25, -0.2) is 4.39 Å². The molecule has 0 unspecified atom stereocenters. The highest BCUT2D eigenvalue weighted by Crippen LogP contribution is 2.30. The molecular formula is C23H25FN2O3. The molecule has 2 aromatic carbocycles. The minimum atomic E-state index is -0.229. The molecule has 0 saturated carbocycles. The van der Waals surface area contributed by atoms with Crippen LogP contribution < -0.4 is 4.74 Å². The van der Waals surface area contributed by atoms with E-state index in [4.69, 9.17) is 9.15 Å². The molecule has 2 atom stereocenters. The lowest BCUT2D eigenvalue weighted by molar-refractivity contribution is 0.0269. The summed E-state index contributed by atoms with van der Waals surface area (Å²) in [6, 6.07) is 14.2. The second-order valence-corrected chi connectivity index (χ2v) is 7.70. The Labute approximate surface area is 169 Å². The molecule has 1 aliphatic rings. The van der Waals surface area contributed by atoms with Crippen molar-refractivity contribution in [1.29, 1.82) is 0 Å². The van der Waals surface area contributed by atoms with Gasteiger partial charge < -0.3 is 14.1 Å². The van der Waals surface area contributed by atoms with Crippen LogP contribution in [0.2, 0.25) is 0 Å². The number of rotatable bonds is 4. The van der Waals surface area contributed by atoms with Crippen molar-refractivity contribution in [3.8, 4) is 5.75 Å². The second-order valence-electron chi connectivity index (χ2n) is 7.70. The van der Waals surface area contributed by atoms with Gasteiger partial charge in [0.25, 0.3) is 5.91 Å². The van der Waals surface area contributed by atoms with Crippen LogP contribution in [0.5, 0.6) is 5.75 Å². The van der Waals surface area contributed by atoms with Crippen LogP contribution in [0, 0.1) is 5.82 Å². The zero-order valence-corrected chi connectivity index (χ0v) is 16.9. The Bertz CT molecular complexity index is 1010. The Hall–Kier alpha value is -2.86. The number of furan rings is 1. The summed E-state index contributed by atoms with van der Waals surface area (Å²) >= 11 is 0. The van der Waals surface area contributed by atoms with E-state index in [1.807, 2.05) is 42.2 Å². The van der Waals surface area contributed by atoms with Gasteiger partial charge >= 0.3 is 0 Å². The lowest BCUT2D eigenvalue weighted by atomic mass is 10.1. The molecule has 0 radical (unpaired) electrons. The van der Waals surface area contributed by atoms with E-state index in [9.17, 15) is 9.18 Å². The third-order valence-electron chi connectivity index (χ3n) is 5.61. The molecule has 4 rings (SSSR count). The zero-order valence-electron chi connectivity index (χ0n) is 16.9. The highest BCUT2D eigenvalue weighted by molar-refractivity contribution is 5.97. The average molecular weight is 396 g/mol. The fourth-order valence-electron chi connectivity index (χ4n) is 3.97. The number of fused-ring (bicyclic) bond motifs is 1. The maximum Gasteiger partial charge on any atom is 0.289 e. The summed E-state index contributed by atoms with van der Waals surface area (Å²) < 4.78 is 24.3. The number of ether oxygens (including phenoxy) is 1. The van der Waals surface area contributed by atoms with Crippen LogP contribution in [0.4, 0.5) is 4.39 Å². The molecule has 1 amide bonds. The average Bonchev–Trinajstić information content (AvgIpc) is 3.16. The Morgan fingerprint density at radius 1 is 1.14 bits per heavy atom. The molecule has 0 N–H and O–H groups in total. The fourth-order valence-corrected chi connectivity index (χ4v) is 3.97. The second kappa shape index (κ2) is 7.87. The zero-order chi connectivity index (χ0) is 20.5. The van der Waals surface area contributed by atoms with E-state index in [-0.39, 0.29) is 23.8 Å². The number of amides is 1. The number of benzene rings is 2. The molecule has 6 heteroatoms. The van der Waals surface area contributed by atoms with E-state index in [0.29, 0.717) is 23.6 Å². The quantitative estimate of drug-likeness (QED) is 0.659. The predicted molar refractivity (Wildman–Crippen MR) is 110 cm³/mol.